The van der Waals surface area contributed by atoms with Gasteiger partial charge in [-0.05, 0) is 66.6 Å². The third-order valence-corrected chi connectivity index (χ3v) is 6.62. The van der Waals surface area contributed by atoms with Crippen molar-refractivity contribution in [3.8, 4) is 11.4 Å². The lowest BCUT2D eigenvalue weighted by Crippen LogP contribution is -2.45. The Kier molecular flexibility index (Phi) is 5.66. The number of pyridine rings is 1. The largest absolute Gasteiger partial charge is 0.337 e. The number of halogens is 2. The van der Waals surface area contributed by atoms with Crippen molar-refractivity contribution in [3.63, 3.8) is 0 Å². The highest BCUT2D eigenvalue weighted by molar-refractivity contribution is 14.1. The third kappa shape index (κ3) is 3.79. The minimum Gasteiger partial charge on any atom is -0.337 e. The second-order valence-corrected chi connectivity index (χ2v) is 9.78. The number of piperidine rings is 1. The Morgan fingerprint density at radius 1 is 1.31 bits per heavy atom. The van der Waals surface area contributed by atoms with Gasteiger partial charge in [-0.15, -0.1) is 0 Å². The first-order chi connectivity index (χ1) is 15.4. The van der Waals surface area contributed by atoms with Gasteiger partial charge in [-0.3, -0.25) is 4.79 Å². The number of hydrogen-bond donors (Lipinski definition) is 1. The van der Waals surface area contributed by atoms with Crippen LogP contribution in [-0.4, -0.2) is 48.1 Å². The van der Waals surface area contributed by atoms with Gasteiger partial charge >= 0.3 is 0 Å². The average Bonchev–Trinajstić information content (AvgIpc) is 3.30. The van der Waals surface area contributed by atoms with Crippen LogP contribution < -0.4 is 5.73 Å². The van der Waals surface area contributed by atoms with Gasteiger partial charge in [-0.25, -0.2) is 9.37 Å². The first-order valence-corrected chi connectivity index (χ1v) is 12.1. The molecule has 0 radical (unpaired) electrons. The molecule has 4 heterocycles. The summed E-state index contributed by atoms with van der Waals surface area (Å²) in [5.74, 6) is -0.0100. The highest BCUT2D eigenvalue weighted by Crippen LogP contribution is 2.31. The zero-order chi connectivity index (χ0) is 22.4. The van der Waals surface area contributed by atoms with E-state index in [1.54, 1.807) is 22.6 Å². The van der Waals surface area contributed by atoms with E-state index < -0.39 is 4.18 Å². The number of alkyl halides is 2. The van der Waals surface area contributed by atoms with Crippen molar-refractivity contribution < 1.29 is 9.18 Å². The van der Waals surface area contributed by atoms with Gasteiger partial charge in [0.1, 0.15) is 11.3 Å². The summed E-state index contributed by atoms with van der Waals surface area (Å²) in [5.41, 5.74) is 11.0. The molecule has 2 atom stereocenters. The molecule has 5 rings (SSSR count). The van der Waals surface area contributed by atoms with Crippen molar-refractivity contribution in [2.45, 2.75) is 36.5 Å². The fourth-order valence-electron chi connectivity index (χ4n) is 4.66. The number of aromatic nitrogens is 3. The number of rotatable bonds is 4. The zero-order valence-corrected chi connectivity index (χ0v) is 20.0. The minimum absolute atomic E-state index is 0.0100. The third-order valence-electron chi connectivity index (χ3n) is 6.23. The zero-order valence-electron chi connectivity index (χ0n) is 17.8. The molecule has 32 heavy (non-hydrogen) atoms. The molecule has 4 aromatic rings. The van der Waals surface area contributed by atoms with Gasteiger partial charge in [0.2, 0.25) is 0 Å². The van der Waals surface area contributed by atoms with E-state index in [9.17, 15) is 9.18 Å². The Morgan fingerprint density at radius 2 is 2.12 bits per heavy atom. The van der Waals surface area contributed by atoms with Gasteiger partial charge in [-0.1, -0.05) is 18.2 Å². The van der Waals surface area contributed by atoms with Crippen molar-refractivity contribution >= 4 is 45.0 Å². The van der Waals surface area contributed by atoms with Crippen LogP contribution in [0.5, 0.6) is 0 Å². The molecule has 0 spiro atoms. The number of hydrogen-bond acceptors (Lipinski definition) is 3. The van der Waals surface area contributed by atoms with Gasteiger partial charge in [0.25, 0.3) is 5.91 Å². The summed E-state index contributed by atoms with van der Waals surface area (Å²) in [6.07, 6.45) is 3.77. The predicted octanol–water partition coefficient (Wildman–Crippen LogP) is 4.56. The van der Waals surface area contributed by atoms with Crippen LogP contribution >= 0.6 is 22.6 Å². The highest BCUT2D eigenvalue weighted by Gasteiger charge is 2.24. The number of likely N-dealkylation sites (tertiary alicyclic amines) is 1. The van der Waals surface area contributed by atoms with Gasteiger partial charge in [0.05, 0.1) is 12.2 Å². The lowest BCUT2D eigenvalue weighted by Gasteiger charge is -2.30. The number of carbonyl (C=O) groups is 1. The second-order valence-electron chi connectivity index (χ2n) is 8.43. The number of aryl methyl sites for hydroxylation is 1. The first-order valence-electron chi connectivity index (χ1n) is 10.8. The Morgan fingerprint density at radius 3 is 2.91 bits per heavy atom. The molecule has 0 bridgehead atoms. The lowest BCUT2D eigenvalue weighted by molar-refractivity contribution is 0.0709. The molecule has 1 aliphatic heterocycles. The molecule has 1 aromatic carbocycles. The highest BCUT2D eigenvalue weighted by atomic mass is 127. The fourth-order valence-corrected chi connectivity index (χ4v) is 5.06. The van der Waals surface area contributed by atoms with E-state index in [4.69, 9.17) is 10.7 Å². The van der Waals surface area contributed by atoms with Crippen molar-refractivity contribution in [1.29, 1.82) is 0 Å². The molecule has 1 aliphatic rings. The van der Waals surface area contributed by atoms with Gasteiger partial charge in [0.15, 0.2) is 4.18 Å². The van der Waals surface area contributed by atoms with Crippen molar-refractivity contribution in [2.75, 3.05) is 13.1 Å². The van der Waals surface area contributed by atoms with Crippen molar-refractivity contribution in [2.24, 2.45) is 5.73 Å². The SMILES string of the molecule is Cc1c(-c2cc3ccccc3n2CC(F)I)nc2cc(C(=O)N3CCC[C@@H](N)C3)ccn12. The summed E-state index contributed by atoms with van der Waals surface area (Å²) in [7, 11) is 0. The monoisotopic (exact) mass is 545 g/mol. The number of amides is 1. The number of imidazole rings is 1. The van der Waals surface area contributed by atoms with Crippen LogP contribution in [0.2, 0.25) is 0 Å². The Labute approximate surface area is 199 Å². The van der Waals surface area contributed by atoms with E-state index in [0.29, 0.717) is 17.8 Å². The van der Waals surface area contributed by atoms with Crippen LogP contribution in [0.15, 0.2) is 48.7 Å². The smallest absolute Gasteiger partial charge is 0.254 e. The van der Waals surface area contributed by atoms with E-state index in [0.717, 1.165) is 47.4 Å². The summed E-state index contributed by atoms with van der Waals surface area (Å²) in [4.78, 5) is 19.7. The molecular weight excluding hydrogens is 520 g/mol. The maximum atomic E-state index is 14.0. The molecule has 6 nitrogen and oxygen atoms in total. The maximum absolute atomic E-state index is 14.0. The standard InChI is InChI=1S/C24H25FIN5O/c1-15-23(20-11-16-5-2-3-7-19(16)31(20)14-21(25)26)28-22-12-17(8-10-30(15)22)24(32)29-9-4-6-18(27)13-29/h2-3,5,7-8,10-12,18,21H,4,6,9,13-14,27H2,1H3/t18-,21?/m1/s1. The van der Waals surface area contributed by atoms with Crippen molar-refractivity contribution in [3.05, 3.63) is 59.9 Å². The molecule has 8 heteroatoms. The van der Waals surface area contributed by atoms with Crippen LogP contribution in [0.3, 0.4) is 0 Å². The summed E-state index contributed by atoms with van der Waals surface area (Å²) in [6.45, 7) is 3.57. The van der Waals surface area contributed by atoms with E-state index in [2.05, 4.69) is 6.07 Å². The second kappa shape index (κ2) is 8.47. The molecule has 0 aliphatic carbocycles. The Hall–Kier alpha value is -2.46. The normalized spacial score (nSPS) is 17.9. The molecule has 1 saturated heterocycles. The molecule has 1 fully saturated rings. The maximum Gasteiger partial charge on any atom is 0.254 e. The van der Waals surface area contributed by atoms with Gasteiger partial charge in [-0.2, -0.15) is 0 Å². The molecule has 3 aromatic heterocycles. The summed E-state index contributed by atoms with van der Waals surface area (Å²) < 4.78 is 17.0. The van der Waals surface area contributed by atoms with E-state index in [1.807, 2.05) is 63.4 Å². The van der Waals surface area contributed by atoms with Crippen LogP contribution in [0, 0.1) is 6.92 Å². The van der Waals surface area contributed by atoms with Crippen LogP contribution in [0.1, 0.15) is 28.9 Å². The quantitative estimate of drug-likeness (QED) is 0.302. The average molecular weight is 545 g/mol. The summed E-state index contributed by atoms with van der Waals surface area (Å²) in [5, 5.41) is 1.05. The van der Waals surface area contributed by atoms with E-state index in [1.165, 1.54) is 0 Å². The number of fused-ring (bicyclic) bond motifs is 2. The lowest BCUT2D eigenvalue weighted by atomic mass is 10.1. The molecule has 0 saturated carbocycles. The Balaban J connectivity index is 1.58. The fraction of sp³-hybridized carbons (Fsp3) is 0.333. The summed E-state index contributed by atoms with van der Waals surface area (Å²) >= 11 is 1.81. The molecule has 166 valence electrons. The molecular formula is C24H25FIN5O. The Bertz CT molecular complexity index is 1310. The predicted molar refractivity (Wildman–Crippen MR) is 133 cm³/mol. The van der Waals surface area contributed by atoms with Crippen LogP contribution in [0.25, 0.3) is 27.9 Å². The van der Waals surface area contributed by atoms with Gasteiger partial charge < -0.3 is 19.6 Å². The van der Waals surface area contributed by atoms with Gasteiger partial charge in [0, 0.05) is 47.5 Å². The van der Waals surface area contributed by atoms with Crippen LogP contribution in [-0.2, 0) is 6.54 Å². The number of carbonyl (C=O) groups excluding carboxylic acids is 1. The molecule has 1 amide bonds. The number of nitrogens with zero attached hydrogens (tertiary/aromatic N) is 4. The summed E-state index contributed by atoms with van der Waals surface area (Å²) in [6, 6.07) is 13.7. The first kappa shape index (κ1) is 21.4. The van der Waals surface area contributed by atoms with Crippen molar-refractivity contribution in [1.82, 2.24) is 18.9 Å². The number of benzene rings is 1. The number of nitrogens with two attached hydrogens (primary N) is 1. The topological polar surface area (TPSA) is 68.6 Å². The minimum atomic E-state index is -1.01. The van der Waals surface area contributed by atoms with E-state index >= 15 is 0 Å². The molecule has 2 N–H and O–H groups in total. The van der Waals surface area contributed by atoms with E-state index in [-0.39, 0.29) is 18.5 Å². The number of para-hydroxylation sites is 1. The molecule has 1 unspecified atom stereocenters. The van der Waals surface area contributed by atoms with Crippen LogP contribution in [0.4, 0.5) is 4.39 Å².